The third kappa shape index (κ3) is 3.96. The highest BCUT2D eigenvalue weighted by molar-refractivity contribution is 9.10. The van der Waals surface area contributed by atoms with Gasteiger partial charge in [0.2, 0.25) is 5.91 Å². The molecule has 1 saturated heterocycles. The lowest BCUT2D eigenvalue weighted by atomic mass is 10.2. The Kier molecular flexibility index (Phi) is 5.25. The lowest BCUT2D eigenvalue weighted by Gasteiger charge is -2.36. The van der Waals surface area contributed by atoms with Crippen LogP contribution in [-0.4, -0.2) is 37.0 Å². The molecule has 1 heterocycles. The topological polar surface area (TPSA) is 23.6 Å². The van der Waals surface area contributed by atoms with Crippen LogP contribution < -0.4 is 4.90 Å². The summed E-state index contributed by atoms with van der Waals surface area (Å²) in [4.78, 5) is 16.3. The third-order valence-corrected chi connectivity index (χ3v) is 4.10. The Morgan fingerprint density at radius 3 is 2.37 bits per heavy atom. The summed E-state index contributed by atoms with van der Waals surface area (Å²) >= 11 is 3.45. The Hall–Kier alpha value is -1.03. The van der Waals surface area contributed by atoms with E-state index in [1.807, 2.05) is 4.90 Å². The molecule has 0 aliphatic carbocycles. The van der Waals surface area contributed by atoms with Gasteiger partial charge in [-0.2, -0.15) is 0 Å². The standard InChI is InChI=1S/C15H21BrN2O/c1-2-3-4-15(19)18-11-9-17(10-12-18)14-7-5-13(16)6-8-14/h5-8H,2-4,9-12H2,1H3. The van der Waals surface area contributed by atoms with Crippen LogP contribution >= 0.6 is 15.9 Å². The molecule has 1 aliphatic rings. The van der Waals surface area contributed by atoms with Crippen LogP contribution in [0.1, 0.15) is 26.2 Å². The summed E-state index contributed by atoms with van der Waals surface area (Å²) in [6.45, 7) is 5.68. The van der Waals surface area contributed by atoms with Crippen molar-refractivity contribution in [3.63, 3.8) is 0 Å². The van der Waals surface area contributed by atoms with E-state index in [1.54, 1.807) is 0 Å². The number of anilines is 1. The van der Waals surface area contributed by atoms with Crippen LogP contribution in [0.4, 0.5) is 5.69 Å². The van der Waals surface area contributed by atoms with E-state index in [0.29, 0.717) is 12.3 Å². The van der Waals surface area contributed by atoms with E-state index < -0.39 is 0 Å². The van der Waals surface area contributed by atoms with Crippen LogP contribution in [0.2, 0.25) is 0 Å². The summed E-state index contributed by atoms with van der Waals surface area (Å²) in [6.07, 6.45) is 2.80. The van der Waals surface area contributed by atoms with Crippen molar-refractivity contribution in [1.29, 1.82) is 0 Å². The molecule has 0 unspecified atom stereocenters. The Morgan fingerprint density at radius 2 is 1.79 bits per heavy atom. The van der Waals surface area contributed by atoms with Gasteiger partial charge in [0.1, 0.15) is 0 Å². The van der Waals surface area contributed by atoms with Crippen molar-refractivity contribution in [2.45, 2.75) is 26.2 Å². The average Bonchev–Trinajstić information content (AvgIpc) is 2.46. The van der Waals surface area contributed by atoms with Crippen LogP contribution in [0.25, 0.3) is 0 Å². The van der Waals surface area contributed by atoms with Gasteiger partial charge in [-0.25, -0.2) is 0 Å². The summed E-state index contributed by atoms with van der Waals surface area (Å²) in [7, 11) is 0. The molecule has 19 heavy (non-hydrogen) atoms. The zero-order chi connectivity index (χ0) is 13.7. The molecule has 0 atom stereocenters. The first-order chi connectivity index (χ1) is 9.20. The summed E-state index contributed by atoms with van der Waals surface area (Å²) in [6, 6.07) is 8.37. The molecule has 1 amide bonds. The van der Waals surface area contributed by atoms with E-state index in [2.05, 4.69) is 52.0 Å². The number of carbonyl (C=O) groups excluding carboxylic acids is 1. The van der Waals surface area contributed by atoms with Crippen molar-refractivity contribution in [2.24, 2.45) is 0 Å². The van der Waals surface area contributed by atoms with Gasteiger partial charge in [-0.15, -0.1) is 0 Å². The molecule has 2 rings (SSSR count). The van der Waals surface area contributed by atoms with Gasteiger partial charge in [-0.05, 0) is 30.7 Å². The number of piperazine rings is 1. The first-order valence-electron chi connectivity index (χ1n) is 6.99. The molecule has 104 valence electrons. The largest absolute Gasteiger partial charge is 0.368 e. The molecular weight excluding hydrogens is 304 g/mol. The summed E-state index contributed by atoms with van der Waals surface area (Å²) in [5, 5.41) is 0. The van der Waals surface area contributed by atoms with E-state index in [1.165, 1.54) is 5.69 Å². The average molecular weight is 325 g/mol. The predicted octanol–water partition coefficient (Wildman–Crippen LogP) is 3.29. The predicted molar refractivity (Wildman–Crippen MR) is 82.5 cm³/mol. The highest BCUT2D eigenvalue weighted by Crippen LogP contribution is 2.20. The van der Waals surface area contributed by atoms with Crippen molar-refractivity contribution < 1.29 is 4.79 Å². The second-order valence-electron chi connectivity index (χ2n) is 4.95. The van der Waals surface area contributed by atoms with Gasteiger partial charge in [0.25, 0.3) is 0 Å². The lowest BCUT2D eigenvalue weighted by molar-refractivity contribution is -0.131. The molecule has 1 aromatic carbocycles. The van der Waals surface area contributed by atoms with Gasteiger partial charge in [-0.1, -0.05) is 29.3 Å². The van der Waals surface area contributed by atoms with Crippen molar-refractivity contribution in [2.75, 3.05) is 31.1 Å². The maximum atomic E-state index is 11.9. The number of rotatable bonds is 4. The number of hydrogen-bond acceptors (Lipinski definition) is 2. The molecule has 0 aromatic heterocycles. The monoisotopic (exact) mass is 324 g/mol. The van der Waals surface area contributed by atoms with E-state index in [-0.39, 0.29) is 0 Å². The normalized spacial score (nSPS) is 15.7. The summed E-state index contributed by atoms with van der Waals surface area (Å²) in [5.74, 6) is 0.317. The van der Waals surface area contributed by atoms with Gasteiger partial charge in [0.05, 0.1) is 0 Å². The molecular formula is C15H21BrN2O. The van der Waals surface area contributed by atoms with Crippen LogP contribution in [0.15, 0.2) is 28.7 Å². The number of benzene rings is 1. The molecule has 0 bridgehead atoms. The second-order valence-corrected chi connectivity index (χ2v) is 5.86. The lowest BCUT2D eigenvalue weighted by Crippen LogP contribution is -2.48. The first kappa shape index (κ1) is 14.4. The number of unbranched alkanes of at least 4 members (excludes halogenated alkanes) is 1. The molecule has 1 fully saturated rings. The highest BCUT2D eigenvalue weighted by atomic mass is 79.9. The van der Waals surface area contributed by atoms with Gasteiger partial charge in [0.15, 0.2) is 0 Å². The highest BCUT2D eigenvalue weighted by Gasteiger charge is 2.20. The van der Waals surface area contributed by atoms with Crippen molar-refractivity contribution >= 4 is 27.5 Å². The van der Waals surface area contributed by atoms with Crippen LogP contribution in [0, 0.1) is 0 Å². The molecule has 0 spiro atoms. The summed E-state index contributed by atoms with van der Waals surface area (Å²) < 4.78 is 1.10. The van der Waals surface area contributed by atoms with Crippen molar-refractivity contribution in [1.82, 2.24) is 4.90 Å². The Morgan fingerprint density at radius 1 is 1.16 bits per heavy atom. The number of nitrogens with zero attached hydrogens (tertiary/aromatic N) is 2. The van der Waals surface area contributed by atoms with Gasteiger partial charge < -0.3 is 9.80 Å². The Bertz CT molecular complexity index is 411. The maximum absolute atomic E-state index is 11.9. The minimum atomic E-state index is 0.317. The summed E-state index contributed by atoms with van der Waals surface area (Å²) in [5.41, 5.74) is 1.24. The SMILES string of the molecule is CCCCC(=O)N1CCN(c2ccc(Br)cc2)CC1. The number of amides is 1. The van der Waals surface area contributed by atoms with E-state index in [9.17, 15) is 4.79 Å². The fraction of sp³-hybridized carbons (Fsp3) is 0.533. The molecule has 0 radical (unpaired) electrons. The zero-order valence-electron chi connectivity index (χ0n) is 11.4. The minimum absolute atomic E-state index is 0.317. The molecule has 0 N–H and O–H groups in total. The number of carbonyl (C=O) groups is 1. The van der Waals surface area contributed by atoms with Gasteiger partial charge >= 0.3 is 0 Å². The number of halogens is 1. The van der Waals surface area contributed by atoms with Crippen molar-refractivity contribution in [3.8, 4) is 0 Å². The maximum Gasteiger partial charge on any atom is 0.222 e. The molecule has 1 aliphatic heterocycles. The van der Waals surface area contributed by atoms with E-state index in [0.717, 1.165) is 43.5 Å². The third-order valence-electron chi connectivity index (χ3n) is 3.57. The van der Waals surface area contributed by atoms with Crippen LogP contribution in [0.3, 0.4) is 0 Å². The zero-order valence-corrected chi connectivity index (χ0v) is 13.0. The number of hydrogen-bond donors (Lipinski definition) is 0. The quantitative estimate of drug-likeness (QED) is 0.848. The second kappa shape index (κ2) is 6.94. The van der Waals surface area contributed by atoms with Crippen LogP contribution in [0.5, 0.6) is 0 Å². The van der Waals surface area contributed by atoms with Gasteiger partial charge in [0, 0.05) is 42.8 Å². The molecule has 4 heteroatoms. The smallest absolute Gasteiger partial charge is 0.222 e. The molecule has 1 aromatic rings. The van der Waals surface area contributed by atoms with Gasteiger partial charge in [-0.3, -0.25) is 4.79 Å². The molecule has 3 nitrogen and oxygen atoms in total. The Labute approximate surface area is 123 Å². The fourth-order valence-electron chi connectivity index (χ4n) is 2.35. The first-order valence-corrected chi connectivity index (χ1v) is 7.78. The molecule has 0 saturated carbocycles. The van der Waals surface area contributed by atoms with Crippen LogP contribution in [-0.2, 0) is 4.79 Å². The van der Waals surface area contributed by atoms with E-state index >= 15 is 0 Å². The fourth-order valence-corrected chi connectivity index (χ4v) is 2.62. The van der Waals surface area contributed by atoms with Crippen molar-refractivity contribution in [3.05, 3.63) is 28.7 Å². The Balaban J connectivity index is 1.85. The minimum Gasteiger partial charge on any atom is -0.368 e. The van der Waals surface area contributed by atoms with E-state index in [4.69, 9.17) is 0 Å².